The highest BCUT2D eigenvalue weighted by Gasteiger charge is 2.37. The largest absolute Gasteiger partial charge is 0.397 e. The molecular formula is C10H12FN3O3S. The lowest BCUT2D eigenvalue weighted by atomic mass is 10.2. The Kier molecular flexibility index (Phi) is 2.99. The lowest BCUT2D eigenvalue weighted by Crippen LogP contribution is -2.32. The predicted molar refractivity (Wildman–Crippen MR) is 64.7 cm³/mol. The number of benzene rings is 1. The Hall–Kier alpha value is -1.67. The maximum atomic E-state index is 13.1. The van der Waals surface area contributed by atoms with Gasteiger partial charge in [0.05, 0.1) is 11.4 Å². The molecular weight excluding hydrogens is 261 g/mol. The van der Waals surface area contributed by atoms with E-state index in [1.165, 1.54) is 6.07 Å². The molecule has 0 spiro atoms. The molecule has 0 aromatic heterocycles. The van der Waals surface area contributed by atoms with E-state index in [4.69, 9.17) is 10.9 Å². The zero-order valence-electron chi connectivity index (χ0n) is 9.34. The number of carbonyl (C=O) groups excluding carboxylic acids is 1. The van der Waals surface area contributed by atoms with Crippen molar-refractivity contribution in [2.75, 3.05) is 17.2 Å². The number of carbonyl (C=O) groups is 1. The van der Waals surface area contributed by atoms with E-state index in [2.05, 4.69) is 0 Å². The molecule has 1 unspecified atom stereocenters. The minimum Gasteiger partial charge on any atom is -0.397 e. The Bertz CT molecular complexity index is 602. The van der Waals surface area contributed by atoms with E-state index in [0.29, 0.717) is 0 Å². The molecule has 6 nitrogen and oxygen atoms in total. The van der Waals surface area contributed by atoms with Gasteiger partial charge >= 0.3 is 0 Å². The average Bonchev–Trinajstić information content (AvgIpc) is 2.64. The first-order valence-corrected chi connectivity index (χ1v) is 6.77. The standard InChI is InChI=1S/C10H12FN3O3S/c11-6-1-2-8(12)9(3-6)14-5-7(4-10(14)15)18(13,16)17/h1-3,7H,4-5,12H2,(H2,13,16,17). The summed E-state index contributed by atoms with van der Waals surface area (Å²) in [5, 5.41) is 4.02. The zero-order valence-corrected chi connectivity index (χ0v) is 10.2. The second-order valence-electron chi connectivity index (χ2n) is 4.12. The van der Waals surface area contributed by atoms with Gasteiger partial charge in [-0.25, -0.2) is 17.9 Å². The van der Waals surface area contributed by atoms with Crippen molar-refractivity contribution < 1.29 is 17.6 Å². The van der Waals surface area contributed by atoms with Crippen molar-refractivity contribution in [1.29, 1.82) is 0 Å². The molecule has 98 valence electrons. The number of hydrogen-bond donors (Lipinski definition) is 2. The summed E-state index contributed by atoms with van der Waals surface area (Å²) in [6, 6.07) is 3.58. The molecule has 0 saturated carbocycles. The van der Waals surface area contributed by atoms with E-state index >= 15 is 0 Å². The van der Waals surface area contributed by atoms with E-state index in [9.17, 15) is 17.6 Å². The number of halogens is 1. The smallest absolute Gasteiger partial charge is 0.228 e. The monoisotopic (exact) mass is 273 g/mol. The van der Waals surface area contributed by atoms with Gasteiger partial charge < -0.3 is 10.6 Å². The van der Waals surface area contributed by atoms with Gasteiger partial charge in [0, 0.05) is 13.0 Å². The number of nitrogens with two attached hydrogens (primary N) is 2. The van der Waals surface area contributed by atoms with Crippen molar-refractivity contribution in [2.24, 2.45) is 5.14 Å². The first-order chi connectivity index (χ1) is 8.29. The molecule has 0 radical (unpaired) electrons. The molecule has 4 N–H and O–H groups in total. The highest BCUT2D eigenvalue weighted by atomic mass is 32.2. The summed E-state index contributed by atoms with van der Waals surface area (Å²) in [5.41, 5.74) is 6.03. The van der Waals surface area contributed by atoms with Crippen LogP contribution in [-0.2, 0) is 14.8 Å². The summed E-state index contributed by atoms with van der Waals surface area (Å²) in [4.78, 5) is 12.9. The molecule has 0 aliphatic carbocycles. The van der Waals surface area contributed by atoms with Gasteiger partial charge in [0.2, 0.25) is 15.9 Å². The molecule has 1 aromatic rings. The highest BCUT2D eigenvalue weighted by Crippen LogP contribution is 2.29. The van der Waals surface area contributed by atoms with Gasteiger partial charge in [0.1, 0.15) is 11.1 Å². The Balaban J connectivity index is 2.35. The third kappa shape index (κ3) is 2.29. The Labute approximate surface area is 103 Å². The average molecular weight is 273 g/mol. The van der Waals surface area contributed by atoms with Crippen molar-refractivity contribution in [3.05, 3.63) is 24.0 Å². The molecule has 1 atom stereocenters. The summed E-state index contributed by atoms with van der Waals surface area (Å²) in [7, 11) is -3.80. The Morgan fingerprint density at radius 1 is 1.39 bits per heavy atom. The van der Waals surface area contributed by atoms with Crippen LogP contribution in [0.1, 0.15) is 6.42 Å². The molecule has 18 heavy (non-hydrogen) atoms. The summed E-state index contributed by atoms with van der Waals surface area (Å²) in [5.74, 6) is -0.989. The number of hydrogen-bond acceptors (Lipinski definition) is 4. The van der Waals surface area contributed by atoms with E-state index in [-0.39, 0.29) is 24.3 Å². The number of amides is 1. The van der Waals surface area contributed by atoms with Crippen LogP contribution in [0.25, 0.3) is 0 Å². The number of nitrogen functional groups attached to an aromatic ring is 1. The van der Waals surface area contributed by atoms with Crippen molar-refractivity contribution in [3.63, 3.8) is 0 Å². The number of rotatable bonds is 2. The van der Waals surface area contributed by atoms with Crippen molar-refractivity contribution in [1.82, 2.24) is 0 Å². The maximum Gasteiger partial charge on any atom is 0.228 e. The van der Waals surface area contributed by atoms with Crippen LogP contribution in [0.15, 0.2) is 18.2 Å². The van der Waals surface area contributed by atoms with Gasteiger partial charge in [-0.2, -0.15) is 0 Å². The minimum atomic E-state index is -3.80. The summed E-state index contributed by atoms with van der Waals surface area (Å²) >= 11 is 0. The third-order valence-corrected chi connectivity index (χ3v) is 4.08. The predicted octanol–water partition coefficient (Wildman–Crippen LogP) is -0.198. The Morgan fingerprint density at radius 2 is 2.06 bits per heavy atom. The van der Waals surface area contributed by atoms with E-state index in [0.717, 1.165) is 17.0 Å². The lowest BCUT2D eigenvalue weighted by molar-refractivity contribution is -0.117. The quantitative estimate of drug-likeness (QED) is 0.728. The van der Waals surface area contributed by atoms with E-state index in [1.807, 2.05) is 0 Å². The molecule has 1 amide bonds. The van der Waals surface area contributed by atoms with E-state index in [1.54, 1.807) is 0 Å². The highest BCUT2D eigenvalue weighted by molar-refractivity contribution is 7.89. The second kappa shape index (κ2) is 4.21. The van der Waals surface area contributed by atoms with Crippen LogP contribution in [0, 0.1) is 5.82 Å². The zero-order chi connectivity index (χ0) is 13.5. The molecule has 0 bridgehead atoms. The van der Waals surface area contributed by atoms with Gasteiger partial charge in [-0.1, -0.05) is 0 Å². The van der Waals surface area contributed by atoms with Crippen LogP contribution in [-0.4, -0.2) is 26.1 Å². The number of anilines is 2. The first-order valence-electron chi connectivity index (χ1n) is 5.16. The summed E-state index contributed by atoms with van der Waals surface area (Å²) in [6.45, 7) is -0.106. The van der Waals surface area contributed by atoms with Crippen LogP contribution in [0.2, 0.25) is 0 Å². The van der Waals surface area contributed by atoms with Crippen LogP contribution >= 0.6 is 0 Å². The third-order valence-electron chi connectivity index (χ3n) is 2.84. The van der Waals surface area contributed by atoms with Gasteiger partial charge in [-0.05, 0) is 18.2 Å². The Morgan fingerprint density at radius 3 is 2.61 bits per heavy atom. The van der Waals surface area contributed by atoms with Crippen LogP contribution in [0.4, 0.5) is 15.8 Å². The minimum absolute atomic E-state index is 0.106. The fraction of sp³-hybridized carbons (Fsp3) is 0.300. The first kappa shape index (κ1) is 12.8. The number of nitrogens with zero attached hydrogens (tertiary/aromatic N) is 1. The lowest BCUT2D eigenvalue weighted by Gasteiger charge is -2.18. The molecule has 1 aliphatic heterocycles. The van der Waals surface area contributed by atoms with Crippen molar-refractivity contribution >= 4 is 27.3 Å². The van der Waals surface area contributed by atoms with Crippen molar-refractivity contribution in [3.8, 4) is 0 Å². The van der Waals surface area contributed by atoms with Gasteiger partial charge in [-0.15, -0.1) is 0 Å². The molecule has 8 heteroatoms. The second-order valence-corrected chi connectivity index (χ2v) is 5.97. The SMILES string of the molecule is Nc1ccc(F)cc1N1CC(S(N)(=O)=O)CC1=O. The van der Waals surface area contributed by atoms with Crippen molar-refractivity contribution in [2.45, 2.75) is 11.7 Å². The number of sulfonamides is 1. The summed E-state index contributed by atoms with van der Waals surface area (Å²) < 4.78 is 35.5. The molecule has 1 aromatic carbocycles. The van der Waals surface area contributed by atoms with E-state index < -0.39 is 27.0 Å². The molecule has 2 rings (SSSR count). The molecule has 1 saturated heterocycles. The topological polar surface area (TPSA) is 106 Å². The molecule has 1 fully saturated rings. The molecule has 1 aliphatic rings. The summed E-state index contributed by atoms with van der Waals surface area (Å²) in [6.07, 6.45) is -0.214. The molecule has 1 heterocycles. The van der Waals surface area contributed by atoms with Gasteiger partial charge in [0.15, 0.2) is 0 Å². The fourth-order valence-electron chi connectivity index (χ4n) is 1.88. The van der Waals surface area contributed by atoms with Crippen LogP contribution in [0.3, 0.4) is 0 Å². The van der Waals surface area contributed by atoms with Gasteiger partial charge in [-0.3, -0.25) is 4.79 Å². The van der Waals surface area contributed by atoms with Gasteiger partial charge in [0.25, 0.3) is 0 Å². The van der Waals surface area contributed by atoms with Crippen LogP contribution in [0.5, 0.6) is 0 Å². The maximum absolute atomic E-state index is 13.1. The van der Waals surface area contributed by atoms with Crippen LogP contribution < -0.4 is 15.8 Å². The number of primary sulfonamides is 1. The normalized spacial score (nSPS) is 20.4. The fourth-order valence-corrected chi connectivity index (χ4v) is 2.61.